The van der Waals surface area contributed by atoms with Gasteiger partial charge in [-0.1, -0.05) is 164 Å². The fourth-order valence-corrected chi connectivity index (χ4v) is 8.38. The van der Waals surface area contributed by atoms with Crippen LogP contribution in [-0.4, -0.2) is 9.97 Å². The van der Waals surface area contributed by atoms with Crippen LogP contribution >= 0.6 is 11.6 Å². The Morgan fingerprint density at radius 3 is 1.31 bits per heavy atom. The SMILES string of the molecule is Clc1ccc2c(c1)-c1cc(-c3ccc(-c4nc(-c5ccccc5)c(-c5ccccc5)nc4-c4ccccc4)cc3)ccc1C21CCCCC1. The molecule has 2 nitrogen and oxygen atoms in total. The molecule has 6 aromatic carbocycles. The first kappa shape index (κ1) is 29.8. The minimum atomic E-state index is 0.116. The van der Waals surface area contributed by atoms with E-state index in [0.29, 0.717) is 0 Å². The molecule has 7 aromatic rings. The van der Waals surface area contributed by atoms with Crippen LogP contribution in [0.5, 0.6) is 0 Å². The zero-order chi connectivity index (χ0) is 32.8. The van der Waals surface area contributed by atoms with Gasteiger partial charge < -0.3 is 0 Å². The highest BCUT2D eigenvalue weighted by Crippen LogP contribution is 2.56. The van der Waals surface area contributed by atoms with Gasteiger partial charge in [-0.05, 0) is 64.4 Å². The van der Waals surface area contributed by atoms with Crippen molar-refractivity contribution in [2.24, 2.45) is 0 Å². The smallest absolute Gasteiger partial charge is 0.0973 e. The van der Waals surface area contributed by atoms with Gasteiger partial charge in [0.15, 0.2) is 0 Å². The predicted octanol–water partition coefficient (Wildman–Crippen LogP) is 12.7. The summed E-state index contributed by atoms with van der Waals surface area (Å²) in [6.45, 7) is 0. The summed E-state index contributed by atoms with van der Waals surface area (Å²) >= 11 is 6.59. The van der Waals surface area contributed by atoms with Crippen molar-refractivity contribution in [1.82, 2.24) is 9.97 Å². The van der Waals surface area contributed by atoms with Crippen molar-refractivity contribution in [3.05, 3.63) is 168 Å². The fourth-order valence-electron chi connectivity index (χ4n) is 8.21. The average Bonchev–Trinajstić information content (AvgIpc) is 3.42. The maximum absolute atomic E-state index is 6.59. The van der Waals surface area contributed by atoms with Crippen molar-refractivity contribution >= 4 is 11.6 Å². The Morgan fingerprint density at radius 1 is 0.388 bits per heavy atom. The second-order valence-corrected chi connectivity index (χ2v) is 13.8. The van der Waals surface area contributed by atoms with E-state index in [0.717, 1.165) is 50.1 Å². The minimum absolute atomic E-state index is 0.116. The molecule has 1 aromatic heterocycles. The van der Waals surface area contributed by atoms with Crippen LogP contribution < -0.4 is 0 Å². The van der Waals surface area contributed by atoms with E-state index in [4.69, 9.17) is 21.6 Å². The molecule has 0 saturated heterocycles. The largest absolute Gasteiger partial charge is 0.243 e. The van der Waals surface area contributed by atoms with E-state index in [-0.39, 0.29) is 5.41 Å². The first-order valence-electron chi connectivity index (χ1n) is 17.3. The Kier molecular flexibility index (Phi) is 7.48. The number of benzene rings is 6. The number of aromatic nitrogens is 2. The molecule has 0 aliphatic heterocycles. The number of rotatable bonds is 5. The number of nitrogens with zero attached hydrogens (tertiary/aromatic N) is 2. The lowest BCUT2D eigenvalue weighted by Gasteiger charge is -2.36. The van der Waals surface area contributed by atoms with Crippen LogP contribution in [0.3, 0.4) is 0 Å². The zero-order valence-corrected chi connectivity index (χ0v) is 28.0. The van der Waals surface area contributed by atoms with Crippen LogP contribution in [0.15, 0.2) is 152 Å². The van der Waals surface area contributed by atoms with Crippen molar-refractivity contribution in [2.75, 3.05) is 0 Å². The van der Waals surface area contributed by atoms with Gasteiger partial charge in [0.2, 0.25) is 0 Å². The Balaban J connectivity index is 1.17. The van der Waals surface area contributed by atoms with Crippen LogP contribution in [-0.2, 0) is 5.41 Å². The van der Waals surface area contributed by atoms with Crippen LogP contribution in [0, 0.1) is 0 Å². The summed E-state index contributed by atoms with van der Waals surface area (Å²) in [4.78, 5) is 10.8. The van der Waals surface area contributed by atoms with Gasteiger partial charge in [0.05, 0.1) is 22.8 Å². The van der Waals surface area contributed by atoms with E-state index in [1.165, 1.54) is 65.5 Å². The summed E-state index contributed by atoms with van der Waals surface area (Å²) < 4.78 is 0. The number of hydrogen-bond acceptors (Lipinski definition) is 2. The second-order valence-electron chi connectivity index (χ2n) is 13.4. The molecule has 1 fully saturated rings. The van der Waals surface area contributed by atoms with Gasteiger partial charge in [0.25, 0.3) is 0 Å². The van der Waals surface area contributed by atoms with Gasteiger partial charge in [0.1, 0.15) is 0 Å². The molecule has 0 bridgehead atoms. The van der Waals surface area contributed by atoms with Gasteiger partial charge in [-0.2, -0.15) is 0 Å². The summed E-state index contributed by atoms with van der Waals surface area (Å²) in [6.07, 6.45) is 6.29. The van der Waals surface area contributed by atoms with E-state index < -0.39 is 0 Å². The minimum Gasteiger partial charge on any atom is -0.243 e. The van der Waals surface area contributed by atoms with Gasteiger partial charge in [-0.25, -0.2) is 9.97 Å². The van der Waals surface area contributed by atoms with E-state index >= 15 is 0 Å². The monoisotopic (exact) mass is 650 g/mol. The lowest BCUT2D eigenvalue weighted by Crippen LogP contribution is -2.27. The van der Waals surface area contributed by atoms with Crippen molar-refractivity contribution in [3.63, 3.8) is 0 Å². The summed E-state index contributed by atoms with van der Waals surface area (Å²) in [7, 11) is 0. The first-order valence-corrected chi connectivity index (χ1v) is 17.7. The molecule has 1 heterocycles. The Hall–Kier alpha value is -5.31. The lowest BCUT2D eigenvalue weighted by molar-refractivity contribution is 0.353. The first-order chi connectivity index (χ1) is 24.2. The summed E-state index contributed by atoms with van der Waals surface area (Å²) in [5, 5.41) is 0.802. The molecule has 0 unspecified atom stereocenters. The third-order valence-electron chi connectivity index (χ3n) is 10.6. The van der Waals surface area contributed by atoms with Crippen LogP contribution in [0.25, 0.3) is 67.3 Å². The summed E-state index contributed by atoms with van der Waals surface area (Å²) in [6, 6.07) is 53.7. The lowest BCUT2D eigenvalue weighted by atomic mass is 9.68. The molecule has 0 radical (unpaired) electrons. The van der Waals surface area contributed by atoms with E-state index in [9.17, 15) is 0 Å². The zero-order valence-electron chi connectivity index (χ0n) is 27.2. The number of hydrogen-bond donors (Lipinski definition) is 0. The molecule has 0 amide bonds. The predicted molar refractivity (Wildman–Crippen MR) is 204 cm³/mol. The van der Waals surface area contributed by atoms with Crippen LogP contribution in [0.1, 0.15) is 43.2 Å². The van der Waals surface area contributed by atoms with Crippen molar-refractivity contribution in [2.45, 2.75) is 37.5 Å². The molecule has 2 aliphatic carbocycles. The third kappa shape index (κ3) is 5.19. The molecule has 236 valence electrons. The topological polar surface area (TPSA) is 25.8 Å². The molecule has 9 rings (SSSR count). The quantitative estimate of drug-likeness (QED) is 0.185. The number of fused-ring (bicyclic) bond motifs is 5. The highest BCUT2D eigenvalue weighted by Gasteiger charge is 2.43. The third-order valence-corrected chi connectivity index (χ3v) is 10.8. The van der Waals surface area contributed by atoms with Gasteiger partial charge in [0, 0.05) is 32.7 Å². The highest BCUT2D eigenvalue weighted by molar-refractivity contribution is 6.31. The van der Waals surface area contributed by atoms with E-state index in [1.807, 2.05) is 18.2 Å². The van der Waals surface area contributed by atoms with Gasteiger partial charge >= 0.3 is 0 Å². The molecular weight excluding hydrogens is 616 g/mol. The van der Waals surface area contributed by atoms with E-state index in [2.05, 4.69) is 133 Å². The Labute approximate surface area is 293 Å². The number of halogens is 1. The van der Waals surface area contributed by atoms with Crippen molar-refractivity contribution in [3.8, 4) is 67.3 Å². The van der Waals surface area contributed by atoms with Gasteiger partial charge in [-0.15, -0.1) is 0 Å². The van der Waals surface area contributed by atoms with E-state index in [1.54, 1.807) is 0 Å². The molecule has 2 aliphatic rings. The standard InChI is InChI=1S/C46H35ClN2/c47-37-24-26-41-39(30-37)38-29-36(23-25-40(38)46(41)27-11-4-12-28-46)31-19-21-35(22-20-31)45-44(34-17-9-3-10-18-34)48-42(32-13-5-1-6-14-32)43(49-45)33-15-7-2-8-16-33/h1-3,5-10,13-26,29-30H,4,11-12,27-28H2. The molecule has 1 spiro atoms. The fraction of sp³-hybridized carbons (Fsp3) is 0.130. The normalized spacial score (nSPS) is 14.4. The molecular formula is C46H35ClN2. The van der Waals surface area contributed by atoms with Gasteiger partial charge in [-0.3, -0.25) is 0 Å². The molecule has 0 N–H and O–H groups in total. The maximum atomic E-state index is 6.59. The summed E-state index contributed by atoms with van der Waals surface area (Å²) in [5.41, 5.74) is 15.7. The maximum Gasteiger partial charge on any atom is 0.0973 e. The molecule has 0 atom stereocenters. The average molecular weight is 651 g/mol. The Morgan fingerprint density at radius 2 is 0.796 bits per heavy atom. The molecule has 49 heavy (non-hydrogen) atoms. The summed E-state index contributed by atoms with van der Waals surface area (Å²) in [5.74, 6) is 0. The second kappa shape index (κ2) is 12.3. The van der Waals surface area contributed by atoms with Crippen LogP contribution in [0.4, 0.5) is 0 Å². The molecule has 1 saturated carbocycles. The molecule has 3 heteroatoms. The Bertz CT molecular complexity index is 2290. The van der Waals surface area contributed by atoms with Crippen molar-refractivity contribution < 1.29 is 0 Å². The van der Waals surface area contributed by atoms with Crippen molar-refractivity contribution in [1.29, 1.82) is 0 Å². The van der Waals surface area contributed by atoms with Crippen LogP contribution in [0.2, 0.25) is 5.02 Å². The highest BCUT2D eigenvalue weighted by atomic mass is 35.5.